The molecule has 5 heteroatoms. The summed E-state index contributed by atoms with van der Waals surface area (Å²) < 4.78 is 15.5. The fraction of sp³-hybridized carbons (Fsp3) is 0.308. The van der Waals surface area contributed by atoms with E-state index in [0.717, 1.165) is 0 Å². The fourth-order valence-electron chi connectivity index (χ4n) is 1.25. The van der Waals surface area contributed by atoms with Gasteiger partial charge in [-0.1, -0.05) is 6.08 Å². The van der Waals surface area contributed by atoms with E-state index in [1.807, 2.05) is 0 Å². The maximum atomic E-state index is 11.3. The van der Waals surface area contributed by atoms with Gasteiger partial charge in [0.25, 0.3) is 5.91 Å². The van der Waals surface area contributed by atoms with E-state index >= 15 is 0 Å². The summed E-state index contributed by atoms with van der Waals surface area (Å²) in [6, 6.07) is 5.09. The average molecular weight is 251 g/mol. The Bertz CT molecular complexity index is 395. The number of amides is 1. The number of carbonyl (C=O) groups is 1. The standard InChI is InChI=1S/C13H17NO4/c1-4-5-14-13(15)9-18-12-7-10(16-2)6-11(8-12)17-3/h4,6-8H,1,5,9H2,2-3H3,(H,14,15). The molecular weight excluding hydrogens is 234 g/mol. The van der Waals surface area contributed by atoms with Gasteiger partial charge in [-0.2, -0.15) is 0 Å². The van der Waals surface area contributed by atoms with Crippen LogP contribution >= 0.6 is 0 Å². The van der Waals surface area contributed by atoms with Crippen molar-refractivity contribution in [2.24, 2.45) is 0 Å². The van der Waals surface area contributed by atoms with E-state index < -0.39 is 0 Å². The summed E-state index contributed by atoms with van der Waals surface area (Å²) in [5, 5.41) is 2.62. The molecule has 0 atom stereocenters. The van der Waals surface area contributed by atoms with Crippen molar-refractivity contribution in [1.29, 1.82) is 0 Å². The number of benzene rings is 1. The summed E-state index contributed by atoms with van der Waals surface area (Å²) in [5.41, 5.74) is 0. The van der Waals surface area contributed by atoms with E-state index in [9.17, 15) is 4.79 Å². The van der Waals surface area contributed by atoms with E-state index in [-0.39, 0.29) is 12.5 Å². The van der Waals surface area contributed by atoms with Gasteiger partial charge >= 0.3 is 0 Å². The van der Waals surface area contributed by atoms with Crippen LogP contribution in [0.5, 0.6) is 17.2 Å². The Morgan fingerprint density at radius 3 is 2.28 bits per heavy atom. The first-order valence-corrected chi connectivity index (χ1v) is 5.43. The zero-order valence-electron chi connectivity index (χ0n) is 10.6. The highest BCUT2D eigenvalue weighted by atomic mass is 16.5. The van der Waals surface area contributed by atoms with E-state index in [1.165, 1.54) is 0 Å². The predicted molar refractivity (Wildman–Crippen MR) is 68.2 cm³/mol. The SMILES string of the molecule is C=CCNC(=O)COc1cc(OC)cc(OC)c1. The van der Waals surface area contributed by atoms with E-state index in [2.05, 4.69) is 11.9 Å². The Labute approximate surface area is 106 Å². The van der Waals surface area contributed by atoms with Gasteiger partial charge in [0, 0.05) is 24.7 Å². The third kappa shape index (κ3) is 4.37. The first-order chi connectivity index (χ1) is 8.69. The third-order valence-electron chi connectivity index (χ3n) is 2.14. The van der Waals surface area contributed by atoms with Crippen LogP contribution in [0.2, 0.25) is 0 Å². The molecule has 0 aliphatic rings. The van der Waals surface area contributed by atoms with Crippen LogP contribution < -0.4 is 19.5 Å². The molecule has 0 aromatic heterocycles. The number of methoxy groups -OCH3 is 2. The molecule has 0 heterocycles. The average Bonchev–Trinajstić information content (AvgIpc) is 2.42. The van der Waals surface area contributed by atoms with Crippen LogP contribution in [0.3, 0.4) is 0 Å². The fourth-order valence-corrected chi connectivity index (χ4v) is 1.25. The van der Waals surface area contributed by atoms with Gasteiger partial charge in [-0.15, -0.1) is 6.58 Å². The van der Waals surface area contributed by atoms with E-state index in [1.54, 1.807) is 38.5 Å². The molecule has 98 valence electrons. The van der Waals surface area contributed by atoms with Gasteiger partial charge in [0.1, 0.15) is 17.2 Å². The monoisotopic (exact) mass is 251 g/mol. The van der Waals surface area contributed by atoms with Crippen molar-refractivity contribution in [2.75, 3.05) is 27.4 Å². The normalized spacial score (nSPS) is 9.44. The molecule has 1 aromatic rings. The maximum Gasteiger partial charge on any atom is 0.258 e. The van der Waals surface area contributed by atoms with E-state index in [4.69, 9.17) is 14.2 Å². The van der Waals surface area contributed by atoms with Crippen molar-refractivity contribution in [3.63, 3.8) is 0 Å². The Balaban J connectivity index is 2.60. The number of hydrogen-bond acceptors (Lipinski definition) is 4. The Hall–Kier alpha value is -2.17. The van der Waals surface area contributed by atoms with Crippen molar-refractivity contribution in [3.05, 3.63) is 30.9 Å². The Morgan fingerprint density at radius 1 is 1.22 bits per heavy atom. The van der Waals surface area contributed by atoms with Gasteiger partial charge in [0.15, 0.2) is 6.61 Å². The van der Waals surface area contributed by atoms with Crippen molar-refractivity contribution < 1.29 is 19.0 Å². The van der Waals surface area contributed by atoms with Gasteiger partial charge in [-0.05, 0) is 0 Å². The zero-order valence-corrected chi connectivity index (χ0v) is 10.6. The van der Waals surface area contributed by atoms with Crippen molar-refractivity contribution in [1.82, 2.24) is 5.32 Å². The summed E-state index contributed by atoms with van der Waals surface area (Å²) in [7, 11) is 3.10. The highest BCUT2D eigenvalue weighted by molar-refractivity contribution is 5.77. The first kappa shape index (κ1) is 13.9. The van der Waals surface area contributed by atoms with Crippen molar-refractivity contribution >= 4 is 5.91 Å². The molecule has 0 bridgehead atoms. The highest BCUT2D eigenvalue weighted by Gasteiger charge is 2.05. The summed E-state index contributed by atoms with van der Waals surface area (Å²) >= 11 is 0. The summed E-state index contributed by atoms with van der Waals surface area (Å²) in [6.07, 6.45) is 1.60. The van der Waals surface area contributed by atoms with Crippen LogP contribution in [0.1, 0.15) is 0 Å². The van der Waals surface area contributed by atoms with Crippen LogP contribution in [-0.2, 0) is 4.79 Å². The molecule has 0 aliphatic carbocycles. The van der Waals surface area contributed by atoms with Gasteiger partial charge in [-0.3, -0.25) is 4.79 Å². The minimum absolute atomic E-state index is 0.0653. The highest BCUT2D eigenvalue weighted by Crippen LogP contribution is 2.27. The minimum atomic E-state index is -0.211. The molecule has 0 spiro atoms. The maximum absolute atomic E-state index is 11.3. The lowest BCUT2D eigenvalue weighted by Crippen LogP contribution is -2.28. The molecule has 0 unspecified atom stereocenters. The van der Waals surface area contributed by atoms with Crippen molar-refractivity contribution in [2.45, 2.75) is 0 Å². The lowest BCUT2D eigenvalue weighted by molar-refractivity contribution is -0.122. The van der Waals surface area contributed by atoms with Crippen molar-refractivity contribution in [3.8, 4) is 17.2 Å². The smallest absolute Gasteiger partial charge is 0.258 e. The molecule has 0 fully saturated rings. The molecule has 0 saturated carbocycles. The van der Waals surface area contributed by atoms with Gasteiger partial charge in [0.05, 0.1) is 14.2 Å². The largest absolute Gasteiger partial charge is 0.496 e. The van der Waals surface area contributed by atoms with E-state index in [0.29, 0.717) is 23.8 Å². The Kier molecular flexibility index (Phi) is 5.57. The van der Waals surface area contributed by atoms with Crippen LogP contribution in [-0.4, -0.2) is 33.3 Å². The molecule has 0 saturated heterocycles. The second-order valence-electron chi connectivity index (χ2n) is 3.43. The number of nitrogens with one attached hydrogen (secondary N) is 1. The van der Waals surface area contributed by atoms with Crippen LogP contribution in [0.25, 0.3) is 0 Å². The number of hydrogen-bond donors (Lipinski definition) is 1. The molecule has 1 N–H and O–H groups in total. The van der Waals surface area contributed by atoms with Crippen LogP contribution in [0, 0.1) is 0 Å². The lowest BCUT2D eigenvalue weighted by atomic mass is 10.3. The zero-order chi connectivity index (χ0) is 13.4. The predicted octanol–water partition coefficient (Wildman–Crippen LogP) is 1.38. The second kappa shape index (κ2) is 7.21. The van der Waals surface area contributed by atoms with Gasteiger partial charge in [-0.25, -0.2) is 0 Å². The second-order valence-corrected chi connectivity index (χ2v) is 3.43. The van der Waals surface area contributed by atoms with Crippen LogP contribution in [0.4, 0.5) is 0 Å². The molecule has 1 amide bonds. The Morgan fingerprint density at radius 2 is 1.78 bits per heavy atom. The molecule has 18 heavy (non-hydrogen) atoms. The van der Waals surface area contributed by atoms with Crippen LogP contribution in [0.15, 0.2) is 30.9 Å². The molecule has 5 nitrogen and oxygen atoms in total. The number of ether oxygens (including phenoxy) is 3. The summed E-state index contributed by atoms with van der Waals surface area (Å²) in [5.74, 6) is 1.52. The molecule has 1 rings (SSSR count). The number of carbonyl (C=O) groups excluding carboxylic acids is 1. The molecule has 1 aromatic carbocycles. The summed E-state index contributed by atoms with van der Waals surface area (Å²) in [4.78, 5) is 11.3. The first-order valence-electron chi connectivity index (χ1n) is 5.43. The quantitative estimate of drug-likeness (QED) is 0.744. The minimum Gasteiger partial charge on any atom is -0.496 e. The lowest BCUT2D eigenvalue weighted by Gasteiger charge is -2.10. The molecule has 0 aliphatic heterocycles. The topological polar surface area (TPSA) is 56.8 Å². The van der Waals surface area contributed by atoms with Gasteiger partial charge < -0.3 is 19.5 Å². The van der Waals surface area contributed by atoms with Gasteiger partial charge in [0.2, 0.25) is 0 Å². The molecule has 0 radical (unpaired) electrons. The third-order valence-corrected chi connectivity index (χ3v) is 2.14. The molecular formula is C13H17NO4. The summed E-state index contributed by atoms with van der Waals surface area (Å²) in [6.45, 7) is 3.86. The number of rotatable bonds is 7.